The molecular weight excluding hydrogens is 577 g/mol. The van der Waals surface area contributed by atoms with Crippen LogP contribution >= 0.6 is 0 Å². The fourth-order valence-electron chi connectivity index (χ4n) is 3.58. The molecule has 8 nitrogen and oxygen atoms in total. The monoisotopic (exact) mass is 614 g/mol. The molecule has 2 aromatic carbocycles. The molecule has 0 saturated heterocycles. The zero-order valence-corrected chi connectivity index (χ0v) is 26.4. The van der Waals surface area contributed by atoms with E-state index in [4.69, 9.17) is 27.8 Å². The van der Waals surface area contributed by atoms with E-state index < -0.39 is 0 Å². The maximum absolute atomic E-state index is 11.8. The van der Waals surface area contributed by atoms with Gasteiger partial charge in [-0.25, -0.2) is 0 Å². The van der Waals surface area contributed by atoms with Gasteiger partial charge in [-0.3, -0.25) is 4.79 Å². The molecule has 209 valence electrons. The van der Waals surface area contributed by atoms with Gasteiger partial charge in [0.1, 0.15) is 17.1 Å². The van der Waals surface area contributed by atoms with Crippen molar-refractivity contribution in [2.45, 2.75) is 20.8 Å². The van der Waals surface area contributed by atoms with E-state index in [2.05, 4.69) is 13.2 Å². The quantitative estimate of drug-likeness (QED) is 0.236. The van der Waals surface area contributed by atoms with Crippen molar-refractivity contribution in [1.29, 1.82) is 0 Å². The summed E-state index contributed by atoms with van der Waals surface area (Å²) < 4.78 is 31.0. The number of hydrogen-bond donors (Lipinski definition) is 0. The van der Waals surface area contributed by atoms with Crippen LogP contribution < -0.4 is 15.6 Å². The Morgan fingerprint density at radius 2 is 1.38 bits per heavy atom. The van der Waals surface area contributed by atoms with E-state index in [1.807, 2.05) is 19.1 Å². The summed E-state index contributed by atoms with van der Waals surface area (Å²) in [6, 6.07) is 15.3. The van der Waals surface area contributed by atoms with Crippen LogP contribution in [0.2, 0.25) is 0 Å². The van der Waals surface area contributed by atoms with Crippen LogP contribution in [-0.4, -0.2) is 47.8 Å². The van der Waals surface area contributed by atoms with Gasteiger partial charge in [0.15, 0.2) is 5.43 Å². The van der Waals surface area contributed by atoms with Gasteiger partial charge >= 0.3 is 0 Å². The van der Waals surface area contributed by atoms with Gasteiger partial charge < -0.3 is 32.6 Å². The van der Waals surface area contributed by atoms with Crippen LogP contribution in [0.25, 0.3) is 21.9 Å². The van der Waals surface area contributed by atoms with E-state index in [0.717, 1.165) is 13.2 Å². The topological polar surface area (TPSA) is 97.3 Å². The fourth-order valence-corrected chi connectivity index (χ4v) is 3.58. The van der Waals surface area contributed by atoms with Gasteiger partial charge in [0.2, 0.25) is 0 Å². The van der Waals surface area contributed by atoms with Gasteiger partial charge in [-0.15, -0.1) is 0 Å². The van der Waals surface area contributed by atoms with Crippen molar-refractivity contribution < 1.29 is 60.5 Å². The Morgan fingerprint density at radius 3 is 2.03 bits per heavy atom. The molecule has 0 aliphatic carbocycles. The summed E-state index contributed by atoms with van der Waals surface area (Å²) in [7, 11) is 5.05. The Bertz CT molecular complexity index is 1350. The summed E-state index contributed by atoms with van der Waals surface area (Å²) in [6.45, 7) is 8.56. The molecule has 4 rings (SSSR count). The maximum Gasteiger partial charge on any atom is 0.192 e. The van der Waals surface area contributed by atoms with Gasteiger partial charge in [0.05, 0.1) is 37.2 Å². The summed E-state index contributed by atoms with van der Waals surface area (Å²) in [5.41, 5.74) is 1.02. The van der Waals surface area contributed by atoms with Crippen molar-refractivity contribution >= 4 is 21.9 Å². The second-order valence-corrected chi connectivity index (χ2v) is 8.96. The summed E-state index contributed by atoms with van der Waals surface area (Å²) in [5.74, 6) is 1.97. The number of para-hydroxylation sites is 1. The van der Waals surface area contributed by atoms with Crippen LogP contribution in [0.1, 0.15) is 19.6 Å². The maximum atomic E-state index is 11.8. The molecule has 2 aromatic heterocycles. The number of methoxy groups -OCH3 is 3. The SMILES string of the molecule is COCC(C)COC.COCC(C)COc1cccc2o[c-]cc(=O)c12.Cc1cc(=O)c2ccccc2o1.[Y]. The summed E-state index contributed by atoms with van der Waals surface area (Å²) in [5, 5.41) is 1.10. The zero-order valence-electron chi connectivity index (χ0n) is 23.5. The first-order chi connectivity index (χ1) is 18.3. The third kappa shape index (κ3) is 11.7. The smallest absolute Gasteiger partial charge is 0.192 e. The molecule has 4 aromatic rings. The first-order valence-electron chi connectivity index (χ1n) is 12.3. The third-order valence-corrected chi connectivity index (χ3v) is 5.23. The predicted molar refractivity (Wildman–Crippen MR) is 148 cm³/mol. The minimum absolute atomic E-state index is 0. The Morgan fingerprint density at radius 1 is 0.795 bits per heavy atom. The van der Waals surface area contributed by atoms with Crippen LogP contribution in [0.15, 0.2) is 73.0 Å². The Hall–Kier alpha value is -2.36. The van der Waals surface area contributed by atoms with Crippen LogP contribution in [0.4, 0.5) is 0 Å². The summed E-state index contributed by atoms with van der Waals surface area (Å²) in [4.78, 5) is 23.1. The van der Waals surface area contributed by atoms with Crippen molar-refractivity contribution in [3.8, 4) is 5.75 Å². The molecule has 0 aliphatic heterocycles. The molecule has 0 saturated carbocycles. The molecule has 1 unspecified atom stereocenters. The van der Waals surface area contributed by atoms with Crippen molar-refractivity contribution in [3.63, 3.8) is 0 Å². The van der Waals surface area contributed by atoms with E-state index in [9.17, 15) is 9.59 Å². The van der Waals surface area contributed by atoms with Crippen LogP contribution in [0.3, 0.4) is 0 Å². The molecule has 0 fully saturated rings. The van der Waals surface area contributed by atoms with E-state index in [1.54, 1.807) is 58.6 Å². The molecule has 2 heterocycles. The second-order valence-electron chi connectivity index (χ2n) is 8.96. The standard InChI is InChI=1S/C14H15O4.C10H8O2.C6H14O2.Y/c1-10(8-16-2)9-18-13-5-3-4-12-14(13)11(15)6-7-17-12;1-7-6-9(11)8-4-2-3-5-10(8)12-7;1-6(4-7-2)5-8-3;/h3-6,10H,8-9H2,1-2H3;2-6H,1H3;6H,4-5H2,1-3H3;/q-1;;;. The molecule has 1 radical (unpaired) electrons. The number of benzene rings is 2. The minimum Gasteiger partial charge on any atom is -0.580 e. The average Bonchev–Trinajstić information content (AvgIpc) is 2.89. The number of aryl methyl sites for hydroxylation is 1. The molecule has 0 bridgehead atoms. The number of hydrogen-bond acceptors (Lipinski definition) is 8. The van der Waals surface area contributed by atoms with E-state index >= 15 is 0 Å². The molecule has 9 heteroatoms. The Balaban J connectivity index is 0.000000314. The van der Waals surface area contributed by atoms with Crippen LogP contribution in [-0.2, 0) is 46.9 Å². The molecule has 1 atom stereocenters. The van der Waals surface area contributed by atoms with Crippen LogP contribution in [0.5, 0.6) is 5.75 Å². The van der Waals surface area contributed by atoms with Gasteiger partial charge in [-0.1, -0.05) is 44.2 Å². The molecule has 0 spiro atoms. The number of fused-ring (bicyclic) bond motifs is 2. The Kier molecular flexibility index (Phi) is 16.8. The van der Waals surface area contributed by atoms with Crippen molar-refractivity contribution in [3.05, 3.63) is 87.1 Å². The van der Waals surface area contributed by atoms with E-state index in [-0.39, 0.29) is 49.5 Å². The fraction of sp³-hybridized carbons (Fsp3) is 0.400. The zero-order chi connectivity index (χ0) is 27.9. The van der Waals surface area contributed by atoms with Crippen molar-refractivity contribution in [1.82, 2.24) is 0 Å². The molecule has 0 amide bonds. The molecule has 0 N–H and O–H groups in total. The van der Waals surface area contributed by atoms with E-state index in [1.165, 1.54) is 12.1 Å². The second kappa shape index (κ2) is 18.8. The van der Waals surface area contributed by atoms with Crippen molar-refractivity contribution in [2.75, 3.05) is 47.8 Å². The van der Waals surface area contributed by atoms with Gasteiger partial charge in [-0.2, -0.15) is 0 Å². The van der Waals surface area contributed by atoms with Crippen LogP contribution in [0, 0.1) is 25.0 Å². The predicted octanol–water partition coefficient (Wildman–Crippen LogP) is 5.27. The van der Waals surface area contributed by atoms with Crippen molar-refractivity contribution in [2.24, 2.45) is 11.8 Å². The molecule has 0 aliphatic rings. The first-order valence-corrected chi connectivity index (χ1v) is 12.3. The van der Waals surface area contributed by atoms with E-state index in [0.29, 0.717) is 52.6 Å². The molecular formula is C30H37O8Y-. The number of ether oxygens (including phenoxy) is 4. The number of rotatable bonds is 9. The summed E-state index contributed by atoms with van der Waals surface area (Å²) >= 11 is 0. The molecule has 39 heavy (non-hydrogen) atoms. The normalized spacial score (nSPS) is 11.2. The minimum atomic E-state index is -0.147. The van der Waals surface area contributed by atoms with Gasteiger partial charge in [0, 0.05) is 77.5 Å². The average molecular weight is 615 g/mol. The largest absolute Gasteiger partial charge is 0.580 e. The first kappa shape index (κ1) is 34.7. The Labute approximate surface area is 254 Å². The van der Waals surface area contributed by atoms with Gasteiger partial charge in [-0.05, 0) is 36.8 Å². The summed E-state index contributed by atoms with van der Waals surface area (Å²) in [6.07, 6.45) is 2.45. The third-order valence-electron chi connectivity index (χ3n) is 5.23. The van der Waals surface area contributed by atoms with Gasteiger partial charge in [0.25, 0.3) is 0 Å².